The number of piperidine rings is 1. The summed E-state index contributed by atoms with van der Waals surface area (Å²) in [6.45, 7) is 7.73. The number of rotatable bonds is 8. The Balaban J connectivity index is 0.00000338. The van der Waals surface area contributed by atoms with Crippen LogP contribution in [0.1, 0.15) is 45.1 Å². The van der Waals surface area contributed by atoms with Crippen molar-refractivity contribution < 1.29 is 9.53 Å². The Morgan fingerprint density at radius 3 is 2.46 bits per heavy atom. The van der Waals surface area contributed by atoms with Crippen LogP contribution in [-0.2, 0) is 11.3 Å². The number of likely N-dealkylation sites (tertiary alicyclic amines) is 1. The Kier molecular flexibility index (Phi) is 9.41. The van der Waals surface area contributed by atoms with E-state index in [1.807, 2.05) is 19.1 Å². The number of halogens is 1. The maximum Gasteiger partial charge on any atom is 0.239 e. The van der Waals surface area contributed by atoms with Crippen LogP contribution in [0.25, 0.3) is 0 Å². The standard InChI is InChI=1S/C20H33N3O2.ClH/c1-4-11-20(2,21)19(24)22-14-16-9-12-23(13-10-16)15-17-5-7-18(25-3)8-6-17;/h5-8,16H,4,9-15,21H2,1-3H3,(H,22,24);1H. The zero-order chi connectivity index (χ0) is 18.3. The highest BCUT2D eigenvalue weighted by molar-refractivity contribution is 5.85. The number of hydrogen-bond acceptors (Lipinski definition) is 4. The monoisotopic (exact) mass is 383 g/mol. The van der Waals surface area contributed by atoms with Gasteiger partial charge in [-0.15, -0.1) is 12.4 Å². The van der Waals surface area contributed by atoms with Crippen LogP contribution in [0.5, 0.6) is 5.75 Å². The molecule has 6 heteroatoms. The number of carbonyl (C=O) groups is 1. The zero-order valence-electron chi connectivity index (χ0n) is 16.3. The fourth-order valence-electron chi connectivity index (χ4n) is 3.41. The van der Waals surface area contributed by atoms with Gasteiger partial charge in [-0.05, 0) is 62.9 Å². The quantitative estimate of drug-likeness (QED) is 0.724. The predicted octanol–water partition coefficient (Wildman–Crippen LogP) is 2.96. The molecule has 1 unspecified atom stereocenters. The van der Waals surface area contributed by atoms with Crippen molar-refractivity contribution in [1.29, 1.82) is 0 Å². The van der Waals surface area contributed by atoms with Gasteiger partial charge in [0.1, 0.15) is 5.75 Å². The maximum absolute atomic E-state index is 12.2. The summed E-state index contributed by atoms with van der Waals surface area (Å²) in [7, 11) is 1.69. The fraction of sp³-hybridized carbons (Fsp3) is 0.650. The topological polar surface area (TPSA) is 67.6 Å². The van der Waals surface area contributed by atoms with Crippen LogP contribution in [0.15, 0.2) is 24.3 Å². The highest BCUT2D eigenvalue weighted by Crippen LogP contribution is 2.20. The fourth-order valence-corrected chi connectivity index (χ4v) is 3.41. The van der Waals surface area contributed by atoms with Crippen molar-refractivity contribution in [2.45, 2.75) is 51.6 Å². The molecular formula is C20H34ClN3O2. The Morgan fingerprint density at radius 1 is 1.31 bits per heavy atom. The van der Waals surface area contributed by atoms with Gasteiger partial charge < -0.3 is 15.8 Å². The van der Waals surface area contributed by atoms with Gasteiger partial charge >= 0.3 is 0 Å². The first kappa shape index (κ1) is 22.7. The molecule has 0 spiro atoms. The van der Waals surface area contributed by atoms with Crippen LogP contribution < -0.4 is 15.8 Å². The van der Waals surface area contributed by atoms with Crippen LogP contribution in [0.3, 0.4) is 0 Å². The molecule has 2 rings (SSSR count). The lowest BCUT2D eigenvalue weighted by molar-refractivity contribution is -0.126. The number of ether oxygens (including phenoxy) is 1. The molecule has 1 amide bonds. The predicted molar refractivity (Wildman–Crippen MR) is 109 cm³/mol. The van der Waals surface area contributed by atoms with Crippen molar-refractivity contribution >= 4 is 18.3 Å². The molecule has 1 fully saturated rings. The lowest BCUT2D eigenvalue weighted by Crippen LogP contribution is -2.52. The molecule has 5 nitrogen and oxygen atoms in total. The minimum absolute atomic E-state index is 0. The van der Waals surface area contributed by atoms with Gasteiger partial charge in [0.05, 0.1) is 12.6 Å². The molecule has 0 radical (unpaired) electrons. The van der Waals surface area contributed by atoms with Gasteiger partial charge in [0, 0.05) is 13.1 Å². The third kappa shape index (κ3) is 6.78. The summed E-state index contributed by atoms with van der Waals surface area (Å²) < 4.78 is 5.20. The van der Waals surface area contributed by atoms with E-state index >= 15 is 0 Å². The lowest BCUT2D eigenvalue weighted by Gasteiger charge is -2.33. The zero-order valence-corrected chi connectivity index (χ0v) is 17.1. The summed E-state index contributed by atoms with van der Waals surface area (Å²) in [6.07, 6.45) is 3.88. The van der Waals surface area contributed by atoms with Gasteiger partial charge in [-0.3, -0.25) is 9.69 Å². The normalized spacial score (nSPS) is 17.8. The van der Waals surface area contributed by atoms with Crippen molar-refractivity contribution in [2.24, 2.45) is 11.7 Å². The lowest BCUT2D eigenvalue weighted by atomic mass is 9.94. The van der Waals surface area contributed by atoms with E-state index in [-0.39, 0.29) is 18.3 Å². The third-order valence-corrected chi connectivity index (χ3v) is 5.11. The Hall–Kier alpha value is -1.30. The van der Waals surface area contributed by atoms with Crippen LogP contribution in [-0.4, -0.2) is 43.1 Å². The molecule has 1 heterocycles. The van der Waals surface area contributed by atoms with Crippen molar-refractivity contribution in [3.8, 4) is 5.75 Å². The van der Waals surface area contributed by atoms with Crippen molar-refractivity contribution in [1.82, 2.24) is 10.2 Å². The highest BCUT2D eigenvalue weighted by atomic mass is 35.5. The molecule has 1 saturated heterocycles. The van der Waals surface area contributed by atoms with Crippen molar-refractivity contribution in [2.75, 3.05) is 26.7 Å². The molecule has 148 valence electrons. The summed E-state index contributed by atoms with van der Waals surface area (Å²) in [4.78, 5) is 14.7. The summed E-state index contributed by atoms with van der Waals surface area (Å²) >= 11 is 0. The van der Waals surface area contributed by atoms with E-state index in [9.17, 15) is 4.79 Å². The summed E-state index contributed by atoms with van der Waals surface area (Å²) in [5, 5.41) is 3.06. The molecule has 0 aromatic heterocycles. The van der Waals surface area contributed by atoms with Crippen LogP contribution >= 0.6 is 12.4 Å². The van der Waals surface area contributed by atoms with Crippen molar-refractivity contribution in [3.63, 3.8) is 0 Å². The molecule has 0 aliphatic carbocycles. The minimum Gasteiger partial charge on any atom is -0.497 e. The van der Waals surface area contributed by atoms with Crippen LogP contribution in [0.2, 0.25) is 0 Å². The largest absolute Gasteiger partial charge is 0.497 e. The first-order valence-corrected chi connectivity index (χ1v) is 9.37. The maximum atomic E-state index is 12.2. The molecule has 1 atom stereocenters. The molecule has 0 saturated carbocycles. The van der Waals surface area contributed by atoms with Crippen LogP contribution in [0.4, 0.5) is 0 Å². The number of benzene rings is 1. The number of nitrogens with one attached hydrogen (secondary N) is 1. The highest BCUT2D eigenvalue weighted by Gasteiger charge is 2.28. The number of amides is 1. The van der Waals surface area contributed by atoms with Gasteiger partial charge in [-0.1, -0.05) is 25.5 Å². The third-order valence-electron chi connectivity index (χ3n) is 5.11. The first-order chi connectivity index (χ1) is 11.9. The molecule has 26 heavy (non-hydrogen) atoms. The van der Waals surface area contributed by atoms with Gasteiger partial charge in [-0.25, -0.2) is 0 Å². The summed E-state index contributed by atoms with van der Waals surface area (Å²) in [5.41, 5.74) is 6.65. The molecule has 3 N–H and O–H groups in total. The Labute approximate surface area is 164 Å². The van der Waals surface area contributed by atoms with Crippen LogP contribution in [0, 0.1) is 5.92 Å². The molecule has 0 bridgehead atoms. The number of nitrogens with zero attached hydrogens (tertiary/aromatic N) is 1. The Bertz CT molecular complexity index is 540. The number of carbonyl (C=O) groups excluding carboxylic acids is 1. The van der Waals surface area contributed by atoms with Gasteiger partial charge in [0.2, 0.25) is 5.91 Å². The van der Waals surface area contributed by atoms with Crippen molar-refractivity contribution in [3.05, 3.63) is 29.8 Å². The average molecular weight is 384 g/mol. The van der Waals surface area contributed by atoms with E-state index < -0.39 is 5.54 Å². The second-order valence-electron chi connectivity index (χ2n) is 7.45. The van der Waals surface area contributed by atoms with E-state index in [0.29, 0.717) is 5.92 Å². The van der Waals surface area contributed by atoms with E-state index in [2.05, 4.69) is 29.3 Å². The molecule has 1 aromatic carbocycles. The summed E-state index contributed by atoms with van der Waals surface area (Å²) in [6, 6.07) is 8.28. The molecule has 1 aromatic rings. The van der Waals surface area contributed by atoms with E-state index in [0.717, 1.165) is 57.6 Å². The average Bonchev–Trinajstić information content (AvgIpc) is 2.61. The Morgan fingerprint density at radius 2 is 1.92 bits per heavy atom. The first-order valence-electron chi connectivity index (χ1n) is 9.37. The molecule has 1 aliphatic heterocycles. The van der Waals surface area contributed by atoms with Gasteiger partial charge in [-0.2, -0.15) is 0 Å². The smallest absolute Gasteiger partial charge is 0.239 e. The molecular weight excluding hydrogens is 350 g/mol. The van der Waals surface area contributed by atoms with Gasteiger partial charge in [0.15, 0.2) is 0 Å². The van der Waals surface area contributed by atoms with E-state index in [4.69, 9.17) is 10.5 Å². The number of nitrogens with two attached hydrogens (primary N) is 1. The second-order valence-corrected chi connectivity index (χ2v) is 7.45. The van der Waals surface area contributed by atoms with Gasteiger partial charge in [0.25, 0.3) is 0 Å². The summed E-state index contributed by atoms with van der Waals surface area (Å²) in [5.74, 6) is 1.43. The number of methoxy groups -OCH3 is 1. The second kappa shape index (κ2) is 10.8. The van der Waals surface area contributed by atoms with E-state index in [1.54, 1.807) is 7.11 Å². The van der Waals surface area contributed by atoms with E-state index in [1.165, 1.54) is 5.56 Å². The molecule has 1 aliphatic rings. The SMILES string of the molecule is CCCC(C)(N)C(=O)NCC1CCN(Cc2ccc(OC)cc2)CC1.Cl. The number of hydrogen-bond donors (Lipinski definition) is 2. The minimum atomic E-state index is -0.746.